The molecule has 1 aliphatic carbocycles. The van der Waals surface area contributed by atoms with Crippen molar-refractivity contribution >= 4 is 21.9 Å². The zero-order valence-corrected chi connectivity index (χ0v) is 41.8. The average molecular weight is 1120 g/mol. The van der Waals surface area contributed by atoms with Gasteiger partial charge in [-0.2, -0.15) is 13.2 Å². The van der Waals surface area contributed by atoms with Gasteiger partial charge >= 0.3 is 6.18 Å². The third-order valence-corrected chi connectivity index (χ3v) is 12.5. The number of halogens is 3. The predicted octanol–water partition coefficient (Wildman–Crippen LogP) is 18.2. The molecule has 3 aromatic heterocycles. The summed E-state index contributed by atoms with van der Waals surface area (Å²) in [6.45, 7) is 2.02. The summed E-state index contributed by atoms with van der Waals surface area (Å²) in [5.41, 5.74) is 2.35. The molecular formula is C63H59F3IrN2O-2. The van der Waals surface area contributed by atoms with Gasteiger partial charge in [-0.3, -0.25) is 0 Å². The van der Waals surface area contributed by atoms with Crippen molar-refractivity contribution in [3.8, 4) is 55.9 Å². The summed E-state index contributed by atoms with van der Waals surface area (Å²) >= 11 is 0. The van der Waals surface area contributed by atoms with Gasteiger partial charge in [-0.1, -0.05) is 161 Å². The van der Waals surface area contributed by atoms with E-state index in [9.17, 15) is 14.5 Å². The van der Waals surface area contributed by atoms with E-state index in [0.29, 0.717) is 57.1 Å². The Hall–Kier alpha value is -6.14. The van der Waals surface area contributed by atoms with Gasteiger partial charge in [0.05, 0.1) is 12.5 Å². The third kappa shape index (κ3) is 10.9. The first kappa shape index (κ1) is 35.9. The van der Waals surface area contributed by atoms with E-state index in [1.54, 1.807) is 66.9 Å². The molecule has 7 heteroatoms. The Morgan fingerprint density at radius 2 is 1.41 bits per heavy atom. The standard InChI is InChI=1S/C40H35F3NO.C23H24N.Ir/c1-24-21-28(26-17-19-39(3,4)20-18-26)13-14-29(24)33-22-35(44-23-25(33)2)32-12-8-11-30-31-15-16-34(40(41,42)43)36(38(31)45-37(30)32)27-9-6-5-7-10-27;1-17-10-12-20(14-21(17)19-8-6-5-7-9-19)22-13-11-18(16-24-22)15-23(2,3)4;/h5-11,13-16,21-23,26H,17-20H2,1-4H3;5-11,13-14,16H,15H2,1-4H3;/q2*-1;/i1D3,2D3,14D,26D;1D3,15D2;. The van der Waals surface area contributed by atoms with Gasteiger partial charge in [0.1, 0.15) is 5.58 Å². The van der Waals surface area contributed by atoms with Crippen molar-refractivity contribution in [3.05, 3.63) is 191 Å². The Labute approximate surface area is 443 Å². The molecule has 0 bridgehead atoms. The fraction of sp³-hybridized carbons (Fsp3) is 0.270. The minimum atomic E-state index is -4.69. The normalized spacial score (nSPS) is 17.9. The van der Waals surface area contributed by atoms with Crippen LogP contribution in [0.2, 0.25) is 0 Å². The van der Waals surface area contributed by atoms with Crippen LogP contribution in [0.3, 0.4) is 0 Å². The van der Waals surface area contributed by atoms with Crippen LogP contribution in [0, 0.1) is 43.5 Å². The first-order valence-corrected chi connectivity index (χ1v) is 22.9. The Kier molecular flexibility index (Phi) is 10.4. The van der Waals surface area contributed by atoms with E-state index < -0.39 is 50.0 Å². The molecule has 1 aliphatic rings. The van der Waals surface area contributed by atoms with Crippen molar-refractivity contribution in [1.82, 2.24) is 9.97 Å². The number of rotatable bonds is 7. The smallest absolute Gasteiger partial charge is 0.417 e. The molecule has 1 saturated carbocycles. The van der Waals surface area contributed by atoms with Crippen LogP contribution in [0.15, 0.2) is 150 Å². The molecule has 3 heterocycles. The first-order chi connectivity index (χ1) is 38.1. The average Bonchev–Trinajstić information content (AvgIpc) is 3.89. The monoisotopic (exact) mass is 1120 g/mol. The molecule has 359 valence electrons. The summed E-state index contributed by atoms with van der Waals surface area (Å²) in [4.78, 5) is 8.88. The largest absolute Gasteiger partial charge is 0.500 e. The minimum absolute atomic E-state index is 0. The van der Waals surface area contributed by atoms with Crippen molar-refractivity contribution in [2.45, 2.75) is 99.3 Å². The van der Waals surface area contributed by atoms with Gasteiger partial charge in [0.15, 0.2) is 0 Å². The number of furan rings is 1. The number of hydrogen-bond acceptors (Lipinski definition) is 3. The Bertz CT molecular complexity index is 3820. The van der Waals surface area contributed by atoms with E-state index in [1.807, 2.05) is 51.1 Å². The first-order valence-electron chi connectivity index (χ1n) is 29.4. The van der Waals surface area contributed by atoms with E-state index >= 15 is 0 Å². The van der Waals surface area contributed by atoms with Gasteiger partial charge in [0, 0.05) is 59.9 Å². The topological polar surface area (TPSA) is 38.9 Å². The summed E-state index contributed by atoms with van der Waals surface area (Å²) in [6, 6.07) is 40.0. The molecule has 0 spiro atoms. The molecule has 9 aromatic rings. The van der Waals surface area contributed by atoms with Gasteiger partial charge < -0.3 is 14.4 Å². The van der Waals surface area contributed by atoms with Gasteiger partial charge in [-0.05, 0) is 124 Å². The third-order valence-electron chi connectivity index (χ3n) is 12.5. The molecule has 0 N–H and O–H groups in total. The Morgan fingerprint density at radius 1 is 0.729 bits per heavy atom. The van der Waals surface area contributed by atoms with Crippen molar-refractivity contribution in [2.24, 2.45) is 10.8 Å². The number of alkyl halides is 3. The fourth-order valence-electron chi connectivity index (χ4n) is 8.92. The number of aryl methyl sites for hydroxylation is 3. The maximum atomic E-state index is 14.4. The second-order valence-electron chi connectivity index (χ2n) is 19.3. The summed E-state index contributed by atoms with van der Waals surface area (Å²) in [6.07, 6.45) is -1.10. The SMILES string of the molecule is [2H]C([2H])([2H])c1c[c-]c(-c2ccc(C([2H])([2H])C(C)(C)C)cn2)cc1-c1ccccc1.[2H]c1cc(C2([2H])CCC(C)(C)CC2)cc(C([2H])([2H])[2H])c1-c1cc(-c2[c-]ccc3c2oc2c(-c4ccccc4)c(C(F)(F)F)ccc23)ncc1C([2H])([2H])[2H].[Ir]. The fourth-order valence-corrected chi connectivity index (χ4v) is 8.92. The molecule has 1 fully saturated rings. The summed E-state index contributed by atoms with van der Waals surface area (Å²) in [5, 5.41) is 0.874. The molecule has 0 unspecified atom stereocenters. The maximum Gasteiger partial charge on any atom is 0.417 e. The zero-order chi connectivity index (χ0) is 59.8. The Balaban J connectivity index is 0.000000254. The van der Waals surface area contributed by atoms with Crippen molar-refractivity contribution in [2.75, 3.05) is 0 Å². The predicted molar refractivity (Wildman–Crippen MR) is 278 cm³/mol. The van der Waals surface area contributed by atoms with Crippen molar-refractivity contribution < 1.29 is 55.5 Å². The van der Waals surface area contributed by atoms with Crippen LogP contribution in [-0.2, 0) is 32.7 Å². The number of fused-ring (bicyclic) bond motifs is 3. The van der Waals surface area contributed by atoms with Crippen LogP contribution in [0.1, 0.15) is 117 Å². The quantitative estimate of drug-likeness (QED) is 0.149. The van der Waals surface area contributed by atoms with Crippen LogP contribution < -0.4 is 0 Å². The summed E-state index contributed by atoms with van der Waals surface area (Å²) in [5.74, 6) is -1.11. The Morgan fingerprint density at radius 3 is 2.07 bits per heavy atom. The summed E-state index contributed by atoms with van der Waals surface area (Å²) < 4.78 is 159. The summed E-state index contributed by atoms with van der Waals surface area (Å²) in [7, 11) is 0. The van der Waals surface area contributed by atoms with Crippen molar-refractivity contribution in [1.29, 1.82) is 0 Å². The van der Waals surface area contributed by atoms with Crippen LogP contribution in [-0.4, -0.2) is 9.97 Å². The second kappa shape index (κ2) is 20.3. The molecule has 0 aliphatic heterocycles. The maximum absolute atomic E-state index is 14.4. The van der Waals surface area contributed by atoms with E-state index in [-0.39, 0.29) is 87.4 Å². The molecule has 6 aromatic carbocycles. The van der Waals surface area contributed by atoms with Crippen LogP contribution in [0.4, 0.5) is 13.2 Å². The molecule has 70 heavy (non-hydrogen) atoms. The van der Waals surface area contributed by atoms with E-state index in [2.05, 4.69) is 35.9 Å². The van der Waals surface area contributed by atoms with E-state index in [0.717, 1.165) is 30.7 Å². The molecular weight excluding hydrogens is 1050 g/mol. The number of aromatic nitrogens is 2. The zero-order valence-electron chi connectivity index (χ0n) is 52.4. The van der Waals surface area contributed by atoms with Crippen LogP contribution in [0.25, 0.3) is 77.8 Å². The minimum Gasteiger partial charge on any atom is -0.500 e. The number of pyridine rings is 2. The molecule has 3 nitrogen and oxygen atoms in total. The molecule has 0 atom stereocenters. The molecule has 0 saturated heterocycles. The van der Waals surface area contributed by atoms with Gasteiger partial charge in [-0.25, -0.2) is 0 Å². The van der Waals surface area contributed by atoms with E-state index in [4.69, 9.17) is 20.9 Å². The van der Waals surface area contributed by atoms with Crippen LogP contribution in [0.5, 0.6) is 0 Å². The van der Waals surface area contributed by atoms with Gasteiger partial charge in [0.2, 0.25) is 0 Å². The molecule has 1 radical (unpaired) electrons. The second-order valence-corrected chi connectivity index (χ2v) is 19.3. The van der Waals surface area contributed by atoms with Gasteiger partial charge in [0.25, 0.3) is 0 Å². The van der Waals surface area contributed by atoms with Crippen molar-refractivity contribution in [3.63, 3.8) is 0 Å². The number of benzene rings is 6. The number of hydrogen-bond donors (Lipinski definition) is 0. The molecule has 0 amide bonds. The van der Waals surface area contributed by atoms with Gasteiger partial charge in [-0.15, -0.1) is 47.5 Å². The number of nitrogens with zero attached hydrogens (tertiary/aromatic N) is 2. The van der Waals surface area contributed by atoms with E-state index in [1.165, 1.54) is 30.3 Å². The molecule has 10 rings (SSSR count). The van der Waals surface area contributed by atoms with Crippen LogP contribution >= 0.6 is 0 Å².